The molecule has 30 heavy (non-hydrogen) atoms. The molecular weight excluding hydrogens is 420 g/mol. The van der Waals surface area contributed by atoms with E-state index in [1.165, 1.54) is 6.26 Å². The molecule has 1 amide bonds. The molecule has 1 aromatic carbocycles. The van der Waals surface area contributed by atoms with E-state index < -0.39 is 9.84 Å². The SMILES string of the molecule is CS(=O)(=O)c1ccc(CC(=O)N2CCCCC[C@@H]2c2cc(-c3cccs3)on2)cc1. The molecule has 6 nitrogen and oxygen atoms in total. The van der Waals surface area contributed by atoms with E-state index in [1.807, 2.05) is 28.5 Å². The van der Waals surface area contributed by atoms with Gasteiger partial charge in [-0.05, 0) is 42.0 Å². The number of hydrogen-bond acceptors (Lipinski definition) is 6. The third-order valence-electron chi connectivity index (χ3n) is 5.41. The Morgan fingerprint density at radius 3 is 2.70 bits per heavy atom. The average molecular weight is 445 g/mol. The molecule has 0 aliphatic carbocycles. The van der Waals surface area contributed by atoms with E-state index in [9.17, 15) is 13.2 Å². The fraction of sp³-hybridized carbons (Fsp3) is 0.364. The minimum absolute atomic E-state index is 0.0229. The predicted molar refractivity (Wildman–Crippen MR) is 116 cm³/mol. The molecule has 0 spiro atoms. The Morgan fingerprint density at radius 2 is 2.00 bits per heavy atom. The van der Waals surface area contributed by atoms with Crippen LogP contribution in [-0.2, 0) is 21.1 Å². The number of likely N-dealkylation sites (tertiary alicyclic amines) is 1. The molecule has 1 aliphatic rings. The van der Waals surface area contributed by atoms with Crippen LogP contribution in [0.25, 0.3) is 10.6 Å². The number of sulfone groups is 1. The van der Waals surface area contributed by atoms with Gasteiger partial charge in [-0.25, -0.2) is 8.42 Å². The summed E-state index contributed by atoms with van der Waals surface area (Å²) in [5.74, 6) is 0.752. The number of aromatic nitrogens is 1. The van der Waals surface area contributed by atoms with E-state index in [0.717, 1.165) is 47.6 Å². The maximum atomic E-state index is 13.2. The molecule has 0 N–H and O–H groups in total. The third kappa shape index (κ3) is 4.65. The molecule has 2 aromatic heterocycles. The van der Waals surface area contributed by atoms with Crippen LogP contribution in [0, 0.1) is 0 Å². The van der Waals surface area contributed by atoms with Gasteiger partial charge in [-0.2, -0.15) is 0 Å². The summed E-state index contributed by atoms with van der Waals surface area (Å²) >= 11 is 1.59. The van der Waals surface area contributed by atoms with Crippen molar-refractivity contribution in [1.29, 1.82) is 0 Å². The summed E-state index contributed by atoms with van der Waals surface area (Å²) in [5, 5.41) is 6.28. The molecule has 0 bridgehead atoms. The van der Waals surface area contributed by atoms with Crippen LogP contribution in [0.2, 0.25) is 0 Å². The number of nitrogens with zero attached hydrogens (tertiary/aromatic N) is 2. The monoisotopic (exact) mass is 444 g/mol. The Bertz CT molecular complexity index is 1100. The molecule has 0 unspecified atom stereocenters. The zero-order valence-corrected chi connectivity index (χ0v) is 18.4. The topological polar surface area (TPSA) is 80.5 Å². The lowest BCUT2D eigenvalue weighted by molar-refractivity contribution is -0.133. The number of carbonyl (C=O) groups excluding carboxylic acids is 1. The largest absolute Gasteiger partial charge is 0.355 e. The summed E-state index contributed by atoms with van der Waals surface area (Å²) in [7, 11) is -3.25. The minimum atomic E-state index is -3.25. The van der Waals surface area contributed by atoms with Crippen LogP contribution < -0.4 is 0 Å². The van der Waals surface area contributed by atoms with Gasteiger partial charge in [-0.3, -0.25) is 4.79 Å². The lowest BCUT2D eigenvalue weighted by atomic mass is 10.0. The van der Waals surface area contributed by atoms with Crippen molar-refractivity contribution in [1.82, 2.24) is 10.1 Å². The Kier molecular flexibility index (Phi) is 6.06. The lowest BCUT2D eigenvalue weighted by Crippen LogP contribution is -2.36. The summed E-state index contributed by atoms with van der Waals surface area (Å²) in [5.41, 5.74) is 1.59. The summed E-state index contributed by atoms with van der Waals surface area (Å²) in [4.78, 5) is 16.4. The van der Waals surface area contributed by atoms with Crippen molar-refractivity contribution in [3.63, 3.8) is 0 Å². The lowest BCUT2D eigenvalue weighted by Gasteiger charge is -2.28. The third-order valence-corrected chi connectivity index (χ3v) is 7.43. The normalized spacial score (nSPS) is 17.6. The van der Waals surface area contributed by atoms with Crippen LogP contribution in [0.4, 0.5) is 0 Å². The zero-order valence-electron chi connectivity index (χ0n) is 16.8. The summed E-state index contributed by atoms with van der Waals surface area (Å²) in [6.07, 6.45) is 5.35. The zero-order chi connectivity index (χ0) is 21.1. The first-order valence-electron chi connectivity index (χ1n) is 10.0. The Labute approximate surface area is 180 Å². The van der Waals surface area contributed by atoms with E-state index in [2.05, 4.69) is 5.16 Å². The maximum absolute atomic E-state index is 13.2. The first-order valence-corrected chi connectivity index (χ1v) is 12.8. The molecule has 4 rings (SSSR count). The summed E-state index contributed by atoms with van der Waals surface area (Å²) in [6, 6.07) is 12.4. The van der Waals surface area contributed by atoms with Crippen molar-refractivity contribution in [2.45, 2.75) is 43.0 Å². The van der Waals surface area contributed by atoms with Gasteiger partial charge in [0.1, 0.15) is 5.69 Å². The Balaban J connectivity index is 1.53. The minimum Gasteiger partial charge on any atom is -0.355 e. The molecule has 1 saturated heterocycles. The number of benzene rings is 1. The molecule has 158 valence electrons. The van der Waals surface area contributed by atoms with Gasteiger partial charge >= 0.3 is 0 Å². The molecule has 0 saturated carbocycles. The van der Waals surface area contributed by atoms with Gasteiger partial charge in [0.25, 0.3) is 0 Å². The highest BCUT2D eigenvalue weighted by molar-refractivity contribution is 7.90. The van der Waals surface area contributed by atoms with Crippen molar-refractivity contribution >= 4 is 27.1 Å². The van der Waals surface area contributed by atoms with Crippen LogP contribution in [-0.4, -0.2) is 37.2 Å². The summed E-state index contributed by atoms with van der Waals surface area (Å²) < 4.78 is 28.9. The van der Waals surface area contributed by atoms with Crippen LogP contribution in [0.1, 0.15) is 43.0 Å². The number of amides is 1. The van der Waals surface area contributed by atoms with Crippen molar-refractivity contribution in [2.24, 2.45) is 0 Å². The van der Waals surface area contributed by atoms with Crippen molar-refractivity contribution in [3.05, 3.63) is 59.1 Å². The molecule has 0 radical (unpaired) electrons. The van der Waals surface area contributed by atoms with E-state index in [1.54, 1.807) is 35.6 Å². The molecule has 3 heterocycles. The second kappa shape index (κ2) is 8.73. The molecule has 1 atom stereocenters. The molecule has 3 aromatic rings. The molecule has 8 heteroatoms. The van der Waals surface area contributed by atoms with Gasteiger partial charge in [-0.1, -0.05) is 36.2 Å². The second-order valence-electron chi connectivity index (χ2n) is 7.64. The van der Waals surface area contributed by atoms with Crippen LogP contribution in [0.3, 0.4) is 0 Å². The fourth-order valence-electron chi connectivity index (χ4n) is 3.83. The number of rotatable bonds is 5. The smallest absolute Gasteiger partial charge is 0.227 e. The van der Waals surface area contributed by atoms with Crippen molar-refractivity contribution in [3.8, 4) is 10.6 Å². The van der Waals surface area contributed by atoms with Gasteiger partial charge in [0, 0.05) is 18.9 Å². The van der Waals surface area contributed by atoms with Gasteiger partial charge in [0.05, 0.1) is 22.2 Å². The quantitative estimate of drug-likeness (QED) is 0.579. The van der Waals surface area contributed by atoms with Gasteiger partial charge in [0.15, 0.2) is 15.6 Å². The van der Waals surface area contributed by atoms with Crippen LogP contribution in [0.5, 0.6) is 0 Å². The van der Waals surface area contributed by atoms with Crippen LogP contribution in [0.15, 0.2) is 57.3 Å². The van der Waals surface area contributed by atoms with E-state index in [0.29, 0.717) is 6.54 Å². The maximum Gasteiger partial charge on any atom is 0.227 e. The van der Waals surface area contributed by atoms with Gasteiger partial charge < -0.3 is 9.42 Å². The number of thiophene rings is 1. The average Bonchev–Trinajstić information content (AvgIpc) is 3.35. The Hall–Kier alpha value is -2.45. The number of hydrogen-bond donors (Lipinski definition) is 0. The highest BCUT2D eigenvalue weighted by Gasteiger charge is 2.29. The molecule has 1 fully saturated rings. The Morgan fingerprint density at radius 1 is 1.20 bits per heavy atom. The molecule has 1 aliphatic heterocycles. The standard InChI is InChI=1S/C22H24N2O4S2/c1-30(26,27)17-10-8-16(9-11-17)14-22(25)24-12-4-2-3-6-19(24)18-15-20(28-23-18)21-7-5-13-29-21/h5,7-11,13,15,19H,2-4,6,12,14H2,1H3/t19-/m1/s1. The van der Waals surface area contributed by atoms with Gasteiger partial charge in [-0.15, -0.1) is 11.3 Å². The van der Waals surface area contributed by atoms with Crippen molar-refractivity contribution in [2.75, 3.05) is 12.8 Å². The summed E-state index contributed by atoms with van der Waals surface area (Å²) in [6.45, 7) is 0.687. The van der Waals surface area contributed by atoms with Crippen molar-refractivity contribution < 1.29 is 17.7 Å². The first-order chi connectivity index (χ1) is 14.4. The second-order valence-corrected chi connectivity index (χ2v) is 10.6. The van der Waals surface area contributed by atoms with E-state index >= 15 is 0 Å². The highest BCUT2D eigenvalue weighted by atomic mass is 32.2. The van der Waals surface area contributed by atoms with Gasteiger partial charge in [0.2, 0.25) is 5.91 Å². The molecular formula is C22H24N2O4S2. The first kappa shape index (κ1) is 20.8. The number of carbonyl (C=O) groups is 1. The van der Waals surface area contributed by atoms with E-state index in [4.69, 9.17) is 4.52 Å². The highest BCUT2D eigenvalue weighted by Crippen LogP contribution is 2.33. The fourth-order valence-corrected chi connectivity index (χ4v) is 5.13. The van der Waals surface area contributed by atoms with E-state index in [-0.39, 0.29) is 23.3 Å². The van der Waals surface area contributed by atoms with Crippen LogP contribution >= 0.6 is 11.3 Å². The predicted octanol–water partition coefficient (Wildman–Crippen LogP) is 4.49.